The van der Waals surface area contributed by atoms with Crippen LogP contribution in [0.1, 0.15) is 47.1 Å². The van der Waals surface area contributed by atoms with E-state index in [1.807, 2.05) is 48.0 Å². The molecule has 1 N–H and O–H groups in total. The largest absolute Gasteiger partial charge is 0.353 e. The summed E-state index contributed by atoms with van der Waals surface area (Å²) in [5.74, 6) is -0.0533. The fraction of sp³-hybridized carbons (Fsp3) is 0.333. The quantitative estimate of drug-likeness (QED) is 0.670. The minimum Gasteiger partial charge on any atom is -0.353 e. The lowest BCUT2D eigenvalue weighted by molar-refractivity contribution is -0.122. The summed E-state index contributed by atoms with van der Waals surface area (Å²) in [6, 6.07) is 16.2. The van der Waals surface area contributed by atoms with Gasteiger partial charge >= 0.3 is 0 Å². The number of nitrogens with one attached hydrogen (secondary N) is 1. The number of hydrogen-bond acceptors (Lipinski definition) is 3. The van der Waals surface area contributed by atoms with Crippen LogP contribution in [0.5, 0.6) is 0 Å². The lowest BCUT2D eigenvalue weighted by Gasteiger charge is -2.21. The second kappa shape index (κ2) is 8.32. The molecule has 3 aromatic rings. The van der Waals surface area contributed by atoms with Crippen molar-refractivity contribution in [2.75, 3.05) is 6.54 Å². The van der Waals surface area contributed by atoms with Gasteiger partial charge in [0, 0.05) is 17.1 Å². The molecule has 0 aliphatic heterocycles. The Morgan fingerprint density at radius 1 is 1.19 bits per heavy atom. The van der Waals surface area contributed by atoms with Crippen LogP contribution >= 0.6 is 11.3 Å². The fourth-order valence-corrected chi connectivity index (χ4v) is 4.14. The summed E-state index contributed by atoms with van der Waals surface area (Å²) in [5, 5.41) is 9.87. The maximum absolute atomic E-state index is 12.8. The van der Waals surface area contributed by atoms with E-state index in [1.54, 1.807) is 11.3 Å². The van der Waals surface area contributed by atoms with E-state index >= 15 is 0 Å². The van der Waals surface area contributed by atoms with Crippen LogP contribution in [0.4, 0.5) is 0 Å². The summed E-state index contributed by atoms with van der Waals surface area (Å²) in [6.07, 6.45) is 0.777. The molecular formula is C21H25N3OS. The van der Waals surface area contributed by atoms with Gasteiger partial charge in [0.2, 0.25) is 5.91 Å². The van der Waals surface area contributed by atoms with Crippen LogP contribution in [-0.2, 0) is 4.79 Å². The molecular weight excluding hydrogens is 342 g/mol. The third-order valence-electron chi connectivity index (χ3n) is 4.61. The predicted octanol–water partition coefficient (Wildman–Crippen LogP) is 4.46. The smallest absolute Gasteiger partial charge is 0.227 e. The number of amides is 1. The van der Waals surface area contributed by atoms with Crippen LogP contribution in [0.15, 0.2) is 53.9 Å². The molecule has 0 spiro atoms. The van der Waals surface area contributed by atoms with Gasteiger partial charge in [-0.25, -0.2) is 0 Å². The van der Waals surface area contributed by atoms with Crippen molar-refractivity contribution < 1.29 is 4.79 Å². The highest BCUT2D eigenvalue weighted by atomic mass is 32.1. The molecule has 1 amide bonds. The van der Waals surface area contributed by atoms with Gasteiger partial charge < -0.3 is 5.32 Å². The molecule has 0 saturated heterocycles. The van der Waals surface area contributed by atoms with Crippen LogP contribution in [0, 0.1) is 13.8 Å². The average Bonchev–Trinajstić information content (AvgIpc) is 3.27. The molecule has 0 bridgehead atoms. The second-order valence-corrected chi connectivity index (χ2v) is 7.50. The van der Waals surface area contributed by atoms with Gasteiger partial charge in [0.05, 0.1) is 11.6 Å². The highest BCUT2D eigenvalue weighted by Gasteiger charge is 2.22. The van der Waals surface area contributed by atoms with Crippen molar-refractivity contribution in [3.63, 3.8) is 0 Å². The zero-order valence-electron chi connectivity index (χ0n) is 15.5. The number of aromatic nitrogens is 2. The van der Waals surface area contributed by atoms with Crippen molar-refractivity contribution in [1.82, 2.24) is 15.1 Å². The summed E-state index contributed by atoms with van der Waals surface area (Å²) in [4.78, 5) is 14.0. The monoisotopic (exact) mass is 367 g/mol. The zero-order chi connectivity index (χ0) is 18.5. The molecule has 0 aliphatic rings. The van der Waals surface area contributed by atoms with Crippen molar-refractivity contribution in [2.24, 2.45) is 0 Å². The molecule has 3 rings (SSSR count). The first-order valence-corrected chi connectivity index (χ1v) is 9.87. The number of aryl methyl sites for hydroxylation is 2. The Morgan fingerprint density at radius 2 is 1.96 bits per heavy atom. The fourth-order valence-electron chi connectivity index (χ4n) is 3.33. The summed E-state index contributed by atoms with van der Waals surface area (Å²) in [5.41, 5.74) is 3.16. The molecule has 0 radical (unpaired) electrons. The first-order valence-electron chi connectivity index (χ1n) is 8.99. The Bertz CT molecular complexity index is 840. The van der Waals surface area contributed by atoms with E-state index in [1.165, 1.54) is 4.88 Å². The summed E-state index contributed by atoms with van der Waals surface area (Å²) >= 11 is 1.69. The van der Waals surface area contributed by atoms with Crippen LogP contribution in [-0.4, -0.2) is 22.2 Å². The van der Waals surface area contributed by atoms with Gasteiger partial charge in [-0.05, 0) is 43.3 Å². The average molecular weight is 368 g/mol. The number of nitrogens with zero attached hydrogens (tertiary/aromatic N) is 2. The summed E-state index contributed by atoms with van der Waals surface area (Å²) < 4.78 is 2.02. The van der Waals surface area contributed by atoms with Crippen LogP contribution in [0.2, 0.25) is 0 Å². The first-order chi connectivity index (χ1) is 12.6. The van der Waals surface area contributed by atoms with Crippen LogP contribution < -0.4 is 5.32 Å². The van der Waals surface area contributed by atoms with Gasteiger partial charge in [0.15, 0.2) is 0 Å². The molecule has 1 aromatic carbocycles. The van der Waals surface area contributed by atoms with Crippen LogP contribution in [0.25, 0.3) is 0 Å². The summed E-state index contributed by atoms with van der Waals surface area (Å²) in [7, 11) is 0. The van der Waals surface area contributed by atoms with E-state index in [9.17, 15) is 4.79 Å². The number of carbonyl (C=O) groups is 1. The third kappa shape index (κ3) is 4.05. The third-order valence-corrected chi connectivity index (χ3v) is 5.58. The SMILES string of the molecule is CC[C@@H](C(=O)NC[C@H](c1cccs1)n1nc(C)cc1C)c1ccccc1. The molecule has 2 aromatic heterocycles. The van der Waals surface area contributed by atoms with Crippen molar-refractivity contribution in [1.29, 1.82) is 0 Å². The lowest BCUT2D eigenvalue weighted by Crippen LogP contribution is -2.35. The maximum Gasteiger partial charge on any atom is 0.227 e. The number of carbonyl (C=O) groups excluding carboxylic acids is 1. The Morgan fingerprint density at radius 3 is 2.54 bits per heavy atom. The minimum atomic E-state index is -0.124. The van der Waals surface area contributed by atoms with E-state index < -0.39 is 0 Å². The van der Waals surface area contributed by atoms with E-state index in [4.69, 9.17) is 0 Å². The molecule has 136 valence electrons. The van der Waals surface area contributed by atoms with E-state index in [0.717, 1.165) is 23.4 Å². The summed E-state index contributed by atoms with van der Waals surface area (Å²) in [6.45, 7) is 6.64. The van der Waals surface area contributed by atoms with Crippen molar-refractivity contribution in [2.45, 2.75) is 39.2 Å². The molecule has 0 unspecified atom stereocenters. The molecule has 26 heavy (non-hydrogen) atoms. The van der Waals surface area contributed by atoms with Gasteiger partial charge in [0.1, 0.15) is 6.04 Å². The van der Waals surface area contributed by atoms with Gasteiger partial charge in [-0.3, -0.25) is 9.48 Å². The Kier molecular flexibility index (Phi) is 5.89. The highest BCUT2D eigenvalue weighted by Crippen LogP contribution is 2.25. The number of rotatable bonds is 7. The number of hydrogen-bond donors (Lipinski definition) is 1. The van der Waals surface area contributed by atoms with Gasteiger partial charge in [-0.15, -0.1) is 11.3 Å². The topological polar surface area (TPSA) is 46.9 Å². The highest BCUT2D eigenvalue weighted by molar-refractivity contribution is 7.10. The lowest BCUT2D eigenvalue weighted by atomic mass is 9.95. The van der Waals surface area contributed by atoms with Crippen LogP contribution in [0.3, 0.4) is 0 Å². The molecule has 5 heteroatoms. The van der Waals surface area contributed by atoms with E-state index in [0.29, 0.717) is 6.54 Å². The normalized spacial score (nSPS) is 13.3. The van der Waals surface area contributed by atoms with E-state index in [-0.39, 0.29) is 17.9 Å². The predicted molar refractivity (Wildman–Crippen MR) is 107 cm³/mol. The number of benzene rings is 1. The van der Waals surface area contributed by atoms with Gasteiger partial charge in [0.25, 0.3) is 0 Å². The van der Waals surface area contributed by atoms with E-state index in [2.05, 4.69) is 41.8 Å². The van der Waals surface area contributed by atoms with Gasteiger partial charge in [-0.1, -0.05) is 43.3 Å². The molecule has 0 aliphatic carbocycles. The Labute approximate surface area is 158 Å². The van der Waals surface area contributed by atoms with Gasteiger partial charge in [-0.2, -0.15) is 5.10 Å². The molecule has 0 fully saturated rings. The van der Waals surface area contributed by atoms with Crippen molar-refractivity contribution >= 4 is 17.2 Å². The van der Waals surface area contributed by atoms with Crippen molar-refractivity contribution in [3.05, 3.63) is 75.7 Å². The Balaban J connectivity index is 1.78. The molecule has 0 saturated carbocycles. The minimum absolute atomic E-state index is 0.0147. The Hall–Kier alpha value is -2.40. The molecule has 4 nitrogen and oxygen atoms in total. The number of thiophene rings is 1. The molecule has 2 atom stereocenters. The standard InChI is InChI=1S/C21H25N3OS/c1-4-18(17-9-6-5-7-10-17)21(25)22-14-19(20-11-8-12-26-20)24-16(3)13-15(2)23-24/h5-13,18-19H,4,14H2,1-3H3,(H,22,25)/t18-,19-/m1/s1. The maximum atomic E-state index is 12.8. The second-order valence-electron chi connectivity index (χ2n) is 6.52. The zero-order valence-corrected chi connectivity index (χ0v) is 16.3. The first kappa shape index (κ1) is 18.4. The van der Waals surface area contributed by atoms with Crippen molar-refractivity contribution in [3.8, 4) is 0 Å². The molecule has 2 heterocycles.